The molecule has 1 N–H and O–H groups in total. The van der Waals surface area contributed by atoms with E-state index in [0.29, 0.717) is 20.4 Å². The zero-order valence-electron chi connectivity index (χ0n) is 13.8. The van der Waals surface area contributed by atoms with Crippen LogP contribution in [0, 0.1) is 0 Å². The van der Waals surface area contributed by atoms with Gasteiger partial charge in [0.25, 0.3) is 10.0 Å². The second-order valence-corrected chi connectivity index (χ2v) is 8.67. The first-order valence-electron chi connectivity index (χ1n) is 7.55. The Hall–Kier alpha value is -1.92. The Balaban J connectivity index is 1.88. The fourth-order valence-electron chi connectivity index (χ4n) is 2.30. The third-order valence-electron chi connectivity index (χ3n) is 3.53. The summed E-state index contributed by atoms with van der Waals surface area (Å²) in [6, 6.07) is 3.29. The van der Waals surface area contributed by atoms with Gasteiger partial charge in [0.05, 0.1) is 7.11 Å². The highest BCUT2D eigenvalue weighted by molar-refractivity contribution is 9.10. The maximum Gasteiger partial charge on any atom is 0.265 e. The van der Waals surface area contributed by atoms with Gasteiger partial charge in [-0.25, -0.2) is 31.9 Å². The molecule has 7 nitrogen and oxygen atoms in total. The van der Waals surface area contributed by atoms with Crippen LogP contribution in [-0.4, -0.2) is 36.9 Å². The van der Waals surface area contributed by atoms with Crippen LogP contribution < -0.4 is 9.46 Å². The van der Waals surface area contributed by atoms with E-state index in [1.54, 1.807) is 12.1 Å². The molecule has 0 fully saturated rings. The van der Waals surface area contributed by atoms with Gasteiger partial charge in [-0.15, -0.1) is 11.3 Å². The zero-order valence-corrected chi connectivity index (χ0v) is 17.0. The van der Waals surface area contributed by atoms with Gasteiger partial charge in [0.1, 0.15) is 14.3 Å². The van der Waals surface area contributed by atoms with Gasteiger partial charge in [-0.2, -0.15) is 4.98 Å². The van der Waals surface area contributed by atoms with E-state index in [4.69, 9.17) is 4.74 Å². The van der Waals surface area contributed by atoms with Gasteiger partial charge >= 0.3 is 0 Å². The molecule has 0 bridgehead atoms. The van der Waals surface area contributed by atoms with Gasteiger partial charge in [-0.3, -0.25) is 0 Å². The minimum Gasteiger partial charge on any atom is -0.481 e. The number of anilines is 1. The Morgan fingerprint density at radius 3 is 2.81 bits per heavy atom. The number of methoxy groups -OCH3 is 1. The number of hydrogen-bond acceptors (Lipinski definition) is 7. The van der Waals surface area contributed by atoms with E-state index in [9.17, 15) is 17.2 Å². The molecule has 0 amide bonds. The number of nitrogens with one attached hydrogen (secondary N) is 1. The van der Waals surface area contributed by atoms with Gasteiger partial charge in [0.15, 0.2) is 0 Å². The smallest absolute Gasteiger partial charge is 0.265 e. The number of thiophene rings is 1. The lowest BCUT2D eigenvalue weighted by molar-refractivity contribution is 0.137. The molecule has 0 aliphatic rings. The van der Waals surface area contributed by atoms with Gasteiger partial charge in [0, 0.05) is 28.9 Å². The minimum absolute atomic E-state index is 0.0174. The molecular weight excluding hydrogens is 466 g/mol. The van der Waals surface area contributed by atoms with Crippen molar-refractivity contribution in [1.29, 1.82) is 0 Å². The first kappa shape index (κ1) is 19.8. The second-order valence-electron chi connectivity index (χ2n) is 5.35. The molecule has 0 spiro atoms. The number of fused-ring (bicyclic) bond motifs is 1. The summed E-state index contributed by atoms with van der Waals surface area (Å²) in [5, 5.41) is 1.94. The van der Waals surface area contributed by atoms with E-state index in [1.807, 2.05) is 0 Å². The number of rotatable bonds is 7. The first-order valence-corrected chi connectivity index (χ1v) is 10.7. The Morgan fingerprint density at radius 2 is 2.11 bits per heavy atom. The highest BCUT2D eigenvalue weighted by Gasteiger charge is 2.22. The van der Waals surface area contributed by atoms with Crippen LogP contribution in [0.2, 0.25) is 0 Å². The Bertz CT molecular complexity index is 1080. The average Bonchev–Trinajstić information content (AvgIpc) is 3.04. The van der Waals surface area contributed by atoms with Crippen molar-refractivity contribution in [3.8, 4) is 5.88 Å². The maximum atomic E-state index is 12.7. The van der Waals surface area contributed by atoms with Crippen LogP contribution in [0.15, 0.2) is 33.2 Å². The number of aryl methyl sites for hydroxylation is 1. The van der Waals surface area contributed by atoms with Crippen molar-refractivity contribution in [3.05, 3.63) is 33.9 Å². The van der Waals surface area contributed by atoms with E-state index < -0.39 is 16.4 Å². The molecule has 27 heavy (non-hydrogen) atoms. The van der Waals surface area contributed by atoms with Gasteiger partial charge in [-0.1, -0.05) is 0 Å². The van der Waals surface area contributed by atoms with Crippen molar-refractivity contribution in [2.45, 2.75) is 24.2 Å². The molecule has 3 rings (SSSR count). The number of halogens is 3. The van der Waals surface area contributed by atoms with Crippen molar-refractivity contribution in [2.24, 2.45) is 0 Å². The Labute approximate surface area is 166 Å². The molecule has 3 heterocycles. The van der Waals surface area contributed by atoms with Crippen LogP contribution in [0.25, 0.3) is 10.2 Å². The summed E-state index contributed by atoms with van der Waals surface area (Å²) in [4.78, 5) is 12.7. The number of sulfonamides is 1. The Kier molecular flexibility index (Phi) is 5.86. The Morgan fingerprint density at radius 1 is 1.33 bits per heavy atom. The molecule has 0 unspecified atom stereocenters. The average molecular weight is 479 g/mol. The molecular formula is C15H13BrF2N4O3S2. The number of ether oxygens (including phenoxy) is 1. The quantitative estimate of drug-likeness (QED) is 0.518. The lowest BCUT2D eigenvalue weighted by Crippen LogP contribution is -2.15. The van der Waals surface area contributed by atoms with Crippen molar-refractivity contribution in [2.75, 3.05) is 11.8 Å². The summed E-state index contributed by atoms with van der Waals surface area (Å²) in [6.45, 7) is 0. The van der Waals surface area contributed by atoms with Crippen molar-refractivity contribution in [1.82, 2.24) is 15.0 Å². The summed E-state index contributed by atoms with van der Waals surface area (Å²) in [7, 11) is -2.65. The third-order valence-corrected chi connectivity index (χ3v) is 6.38. The zero-order chi connectivity index (χ0) is 19.6. The summed E-state index contributed by atoms with van der Waals surface area (Å²) in [6.07, 6.45) is -1.54. The van der Waals surface area contributed by atoms with Crippen molar-refractivity contribution >= 4 is 53.5 Å². The fourth-order valence-corrected chi connectivity index (χ4v) is 5.15. The fraction of sp³-hybridized carbons (Fsp3) is 0.267. The molecule has 0 atom stereocenters. The number of alkyl halides is 2. The van der Waals surface area contributed by atoms with Gasteiger partial charge in [0.2, 0.25) is 18.3 Å². The van der Waals surface area contributed by atoms with E-state index in [-0.39, 0.29) is 29.6 Å². The molecule has 0 saturated heterocycles. The van der Waals surface area contributed by atoms with E-state index in [0.717, 1.165) is 0 Å². The molecule has 0 saturated carbocycles. The largest absolute Gasteiger partial charge is 0.481 e. The van der Waals surface area contributed by atoms with Gasteiger partial charge < -0.3 is 4.74 Å². The van der Waals surface area contributed by atoms with Crippen molar-refractivity contribution < 1.29 is 21.9 Å². The van der Waals surface area contributed by atoms with Crippen LogP contribution in [0.3, 0.4) is 0 Å². The van der Waals surface area contributed by atoms with Crippen LogP contribution in [0.5, 0.6) is 5.88 Å². The van der Waals surface area contributed by atoms with E-state index >= 15 is 0 Å². The maximum absolute atomic E-state index is 12.7. The molecule has 3 aromatic rings. The SMILES string of the molecule is COc1nc(NS(=O)(=O)c2csc3nc(Br)ccc23)ncc1CCC(F)F. The summed E-state index contributed by atoms with van der Waals surface area (Å²) in [5.41, 5.74) is 0.371. The number of pyridine rings is 1. The van der Waals surface area contributed by atoms with Crippen LogP contribution in [-0.2, 0) is 16.4 Å². The highest BCUT2D eigenvalue weighted by Crippen LogP contribution is 2.30. The lowest BCUT2D eigenvalue weighted by atomic mass is 10.2. The summed E-state index contributed by atoms with van der Waals surface area (Å²) < 4.78 is 58.1. The molecule has 0 radical (unpaired) electrons. The van der Waals surface area contributed by atoms with Crippen molar-refractivity contribution in [3.63, 3.8) is 0 Å². The molecule has 12 heteroatoms. The number of aromatic nitrogens is 3. The van der Waals surface area contributed by atoms with E-state index in [2.05, 4.69) is 35.6 Å². The molecule has 0 aromatic carbocycles. The van der Waals surface area contributed by atoms with Gasteiger partial charge in [-0.05, 0) is 34.5 Å². The topological polar surface area (TPSA) is 94.1 Å². The van der Waals surface area contributed by atoms with Crippen LogP contribution in [0.1, 0.15) is 12.0 Å². The standard InChI is InChI=1S/C15H13BrF2N4O3S2/c1-25-13-8(2-5-12(17)18)6-19-15(21-13)22-27(23,24)10-7-26-14-9(10)3-4-11(16)20-14/h3-4,6-7,12H,2,5H2,1H3,(H,19,21,22). The lowest BCUT2D eigenvalue weighted by Gasteiger charge is -2.10. The van der Waals surface area contributed by atoms with Crippen LogP contribution >= 0.6 is 27.3 Å². The number of nitrogens with zero attached hydrogens (tertiary/aromatic N) is 3. The predicted molar refractivity (Wildman–Crippen MR) is 101 cm³/mol. The molecule has 0 aliphatic heterocycles. The summed E-state index contributed by atoms with van der Waals surface area (Å²) >= 11 is 4.43. The molecule has 144 valence electrons. The highest BCUT2D eigenvalue weighted by atomic mass is 79.9. The second kappa shape index (κ2) is 7.98. The van der Waals surface area contributed by atoms with Crippen LogP contribution in [0.4, 0.5) is 14.7 Å². The predicted octanol–water partition coefficient (Wildman–Crippen LogP) is 3.86. The summed E-state index contributed by atoms with van der Waals surface area (Å²) in [5.74, 6) is -0.166. The monoisotopic (exact) mass is 478 g/mol. The third kappa shape index (κ3) is 4.50. The molecule has 0 aliphatic carbocycles. The normalized spacial score (nSPS) is 11.9. The minimum atomic E-state index is -3.97. The first-order chi connectivity index (χ1) is 12.8. The number of hydrogen-bond donors (Lipinski definition) is 1. The van der Waals surface area contributed by atoms with E-state index in [1.165, 1.54) is 30.0 Å². The molecule has 3 aromatic heterocycles.